The highest BCUT2D eigenvalue weighted by Gasteiger charge is 2.49. The van der Waals surface area contributed by atoms with E-state index >= 15 is 0 Å². The minimum atomic E-state index is -0.894. The second-order valence-electron chi connectivity index (χ2n) is 10.3. The Hall–Kier alpha value is -3.81. The molecule has 1 atom stereocenters. The van der Waals surface area contributed by atoms with E-state index in [-0.39, 0.29) is 23.6 Å². The van der Waals surface area contributed by atoms with Gasteiger partial charge in [-0.05, 0) is 49.2 Å². The van der Waals surface area contributed by atoms with Crippen LogP contribution < -0.4 is 5.73 Å². The number of hydrogen-bond acceptors (Lipinski definition) is 5. The van der Waals surface area contributed by atoms with Crippen molar-refractivity contribution in [3.63, 3.8) is 0 Å². The van der Waals surface area contributed by atoms with E-state index in [0.29, 0.717) is 24.2 Å². The van der Waals surface area contributed by atoms with Crippen molar-refractivity contribution in [2.24, 2.45) is 11.7 Å². The SMILES string of the molecule is CN(CCN1CC[C@@H](C(C(N)=O)(c2ccccc2)c2ccccc2)C1)CCN1C(=O)c2ccccc2C1=O. The molecule has 0 saturated carbocycles. The first-order valence-electron chi connectivity index (χ1n) is 13.2. The maximum absolute atomic E-state index is 13.3. The molecule has 3 aromatic rings. The second-order valence-corrected chi connectivity index (χ2v) is 10.3. The predicted molar refractivity (Wildman–Crippen MR) is 147 cm³/mol. The number of benzene rings is 3. The third kappa shape index (κ3) is 4.64. The fourth-order valence-electron chi connectivity index (χ4n) is 6.05. The number of primary amides is 1. The largest absolute Gasteiger partial charge is 0.369 e. The van der Waals surface area contributed by atoms with Crippen LogP contribution in [0, 0.1) is 5.92 Å². The number of nitrogens with two attached hydrogens (primary N) is 1. The number of nitrogens with zero attached hydrogens (tertiary/aromatic N) is 3. The molecule has 0 aliphatic carbocycles. The van der Waals surface area contributed by atoms with Crippen LogP contribution >= 0.6 is 0 Å². The molecule has 5 rings (SSSR count). The van der Waals surface area contributed by atoms with E-state index in [1.165, 1.54) is 4.90 Å². The smallest absolute Gasteiger partial charge is 0.261 e. The lowest BCUT2D eigenvalue weighted by Crippen LogP contribution is -2.49. The molecular weight excluding hydrogens is 476 g/mol. The van der Waals surface area contributed by atoms with Crippen molar-refractivity contribution in [2.45, 2.75) is 11.8 Å². The first kappa shape index (κ1) is 25.8. The highest BCUT2D eigenvalue weighted by Crippen LogP contribution is 2.43. The molecule has 2 heterocycles. The van der Waals surface area contributed by atoms with Crippen LogP contribution in [-0.2, 0) is 10.2 Å². The molecule has 0 spiro atoms. The van der Waals surface area contributed by atoms with Crippen LogP contribution in [0.5, 0.6) is 0 Å². The third-order valence-electron chi connectivity index (χ3n) is 8.11. The zero-order chi connectivity index (χ0) is 26.7. The Balaban J connectivity index is 1.22. The summed E-state index contributed by atoms with van der Waals surface area (Å²) in [6.07, 6.45) is 0.867. The predicted octanol–water partition coefficient (Wildman–Crippen LogP) is 3.01. The summed E-state index contributed by atoms with van der Waals surface area (Å²) in [5.41, 5.74) is 8.15. The minimum Gasteiger partial charge on any atom is -0.369 e. The molecule has 0 unspecified atom stereocenters. The lowest BCUT2D eigenvalue weighted by Gasteiger charge is -2.37. The molecule has 2 aliphatic heterocycles. The first-order valence-corrected chi connectivity index (χ1v) is 13.2. The van der Waals surface area contributed by atoms with Crippen LogP contribution in [-0.4, -0.2) is 78.7 Å². The van der Waals surface area contributed by atoms with E-state index in [2.05, 4.69) is 9.80 Å². The van der Waals surface area contributed by atoms with Crippen LogP contribution in [0.2, 0.25) is 0 Å². The standard InChI is InChI=1S/C31H34N4O3/c1-33(19-21-35-28(36)26-14-8-9-15-27(26)29(35)37)18-20-34-17-16-25(22-34)31(30(32)38,23-10-4-2-5-11-23)24-12-6-3-7-13-24/h2-15,25H,16-22H2,1H3,(H2,32,38)/t25-/m1/s1. The molecule has 3 aromatic carbocycles. The van der Waals surface area contributed by atoms with E-state index in [4.69, 9.17) is 5.73 Å². The van der Waals surface area contributed by atoms with Crippen LogP contribution in [0.25, 0.3) is 0 Å². The molecule has 2 N–H and O–H groups in total. The average Bonchev–Trinajstić information content (AvgIpc) is 3.51. The van der Waals surface area contributed by atoms with Gasteiger partial charge in [0.25, 0.3) is 11.8 Å². The van der Waals surface area contributed by atoms with Crippen LogP contribution in [0.3, 0.4) is 0 Å². The molecule has 0 bridgehead atoms. The van der Waals surface area contributed by atoms with Crippen molar-refractivity contribution in [1.29, 1.82) is 0 Å². The number of fused-ring (bicyclic) bond motifs is 1. The maximum Gasteiger partial charge on any atom is 0.261 e. The molecular formula is C31H34N4O3. The van der Waals surface area contributed by atoms with Gasteiger partial charge in [-0.15, -0.1) is 0 Å². The Bertz CT molecular complexity index is 1240. The Morgan fingerprint density at radius 1 is 0.842 bits per heavy atom. The molecule has 38 heavy (non-hydrogen) atoms. The summed E-state index contributed by atoms with van der Waals surface area (Å²) in [6, 6.07) is 26.8. The molecule has 7 nitrogen and oxygen atoms in total. The first-order chi connectivity index (χ1) is 18.4. The highest BCUT2D eigenvalue weighted by molar-refractivity contribution is 6.21. The number of likely N-dealkylation sites (N-methyl/N-ethyl adjacent to an activating group) is 1. The second kappa shape index (κ2) is 10.9. The van der Waals surface area contributed by atoms with Gasteiger partial charge in [-0.25, -0.2) is 0 Å². The maximum atomic E-state index is 13.3. The van der Waals surface area contributed by atoms with Crippen LogP contribution in [0.4, 0.5) is 0 Å². The number of carbonyl (C=O) groups is 3. The van der Waals surface area contributed by atoms with Crippen molar-refractivity contribution in [2.75, 3.05) is 46.3 Å². The van der Waals surface area contributed by atoms with Gasteiger partial charge in [0.1, 0.15) is 5.41 Å². The topological polar surface area (TPSA) is 86.9 Å². The Morgan fingerprint density at radius 3 is 1.87 bits per heavy atom. The molecule has 0 aromatic heterocycles. The normalized spacial score (nSPS) is 17.8. The van der Waals surface area contributed by atoms with Gasteiger partial charge in [0.2, 0.25) is 5.91 Å². The van der Waals surface area contributed by atoms with Crippen LogP contribution in [0.1, 0.15) is 38.3 Å². The van der Waals surface area contributed by atoms with E-state index < -0.39 is 5.41 Å². The highest BCUT2D eigenvalue weighted by atomic mass is 16.2. The van der Waals surface area contributed by atoms with Crippen molar-refractivity contribution in [3.8, 4) is 0 Å². The number of rotatable bonds is 10. The number of likely N-dealkylation sites (tertiary alicyclic amines) is 1. The molecule has 1 saturated heterocycles. The molecule has 2 aliphatic rings. The van der Waals surface area contributed by atoms with E-state index in [1.807, 2.05) is 67.7 Å². The lowest BCUT2D eigenvalue weighted by molar-refractivity contribution is -0.123. The monoisotopic (exact) mass is 510 g/mol. The number of carbonyl (C=O) groups excluding carboxylic acids is 3. The Morgan fingerprint density at radius 2 is 1.34 bits per heavy atom. The van der Waals surface area contributed by atoms with Crippen LogP contribution in [0.15, 0.2) is 84.9 Å². The summed E-state index contributed by atoms with van der Waals surface area (Å²) in [6.45, 7) is 4.22. The Labute approximate surface area is 223 Å². The number of hydrogen-bond donors (Lipinski definition) is 1. The Kier molecular flexibility index (Phi) is 7.40. The molecule has 7 heteroatoms. The molecule has 0 radical (unpaired) electrons. The zero-order valence-corrected chi connectivity index (χ0v) is 21.8. The third-order valence-corrected chi connectivity index (χ3v) is 8.11. The summed E-state index contributed by atoms with van der Waals surface area (Å²) < 4.78 is 0. The van der Waals surface area contributed by atoms with Crippen molar-refractivity contribution in [3.05, 3.63) is 107 Å². The summed E-state index contributed by atoms with van der Waals surface area (Å²) in [5.74, 6) is -0.703. The van der Waals surface area contributed by atoms with Crippen molar-refractivity contribution in [1.82, 2.24) is 14.7 Å². The summed E-state index contributed by atoms with van der Waals surface area (Å²) in [4.78, 5) is 44.4. The van der Waals surface area contributed by atoms with E-state index in [1.54, 1.807) is 24.3 Å². The minimum absolute atomic E-state index is 0.0495. The van der Waals surface area contributed by atoms with Crippen molar-refractivity contribution < 1.29 is 14.4 Å². The lowest BCUT2D eigenvalue weighted by atomic mass is 9.64. The summed E-state index contributed by atoms with van der Waals surface area (Å²) in [5, 5.41) is 0. The average molecular weight is 511 g/mol. The van der Waals surface area contributed by atoms with Gasteiger partial charge in [-0.2, -0.15) is 0 Å². The fraction of sp³-hybridized carbons (Fsp3) is 0.323. The van der Waals surface area contributed by atoms with E-state index in [9.17, 15) is 14.4 Å². The molecule has 3 amide bonds. The zero-order valence-electron chi connectivity index (χ0n) is 21.8. The quantitative estimate of drug-likeness (QED) is 0.424. The van der Waals surface area contributed by atoms with Gasteiger partial charge in [0.15, 0.2) is 0 Å². The van der Waals surface area contributed by atoms with Crippen molar-refractivity contribution >= 4 is 17.7 Å². The van der Waals surface area contributed by atoms with Gasteiger partial charge < -0.3 is 15.5 Å². The number of amides is 3. The number of imide groups is 1. The van der Waals surface area contributed by atoms with Gasteiger partial charge >= 0.3 is 0 Å². The van der Waals surface area contributed by atoms with Gasteiger partial charge in [-0.3, -0.25) is 19.3 Å². The summed E-state index contributed by atoms with van der Waals surface area (Å²) >= 11 is 0. The van der Waals surface area contributed by atoms with Gasteiger partial charge in [-0.1, -0.05) is 72.8 Å². The van der Waals surface area contributed by atoms with Gasteiger partial charge in [0.05, 0.1) is 11.1 Å². The molecule has 1 fully saturated rings. The fourth-order valence-corrected chi connectivity index (χ4v) is 6.05. The van der Waals surface area contributed by atoms with Gasteiger partial charge in [0, 0.05) is 32.7 Å². The molecule has 196 valence electrons. The van der Waals surface area contributed by atoms with E-state index in [0.717, 1.165) is 43.7 Å². The summed E-state index contributed by atoms with van der Waals surface area (Å²) in [7, 11) is 2.01.